The normalized spacial score (nSPS) is 17.0. The number of benzene rings is 1. The summed E-state index contributed by atoms with van der Waals surface area (Å²) in [7, 11) is 3.31. The number of nitrogens with zero attached hydrogens (tertiary/aromatic N) is 1. The molecule has 0 atom stereocenters. The number of rotatable bonds is 4. The molecule has 0 bridgehead atoms. The Morgan fingerprint density at radius 3 is 2.17 bits per heavy atom. The van der Waals surface area contributed by atoms with Crippen molar-refractivity contribution in [3.05, 3.63) is 18.2 Å². The minimum atomic E-state index is 0.635. The number of hydrogen-bond donors (Lipinski definition) is 0. The SMILES string of the molecule is COc1cc(N=CC2CCCCC2)cc(OC)c1. The first kappa shape index (κ1) is 12.9. The van der Waals surface area contributed by atoms with Crippen molar-refractivity contribution in [2.75, 3.05) is 14.2 Å². The Hall–Kier alpha value is -1.51. The molecule has 0 spiro atoms. The van der Waals surface area contributed by atoms with E-state index in [0.717, 1.165) is 17.2 Å². The summed E-state index contributed by atoms with van der Waals surface area (Å²) in [5, 5.41) is 0. The Kier molecular flexibility index (Phi) is 4.62. The molecule has 98 valence electrons. The van der Waals surface area contributed by atoms with Gasteiger partial charge in [0, 0.05) is 24.4 Å². The van der Waals surface area contributed by atoms with Gasteiger partial charge in [0.15, 0.2) is 0 Å². The van der Waals surface area contributed by atoms with Gasteiger partial charge in [-0.2, -0.15) is 0 Å². The summed E-state index contributed by atoms with van der Waals surface area (Å²) in [6.45, 7) is 0. The second-order valence-electron chi connectivity index (χ2n) is 4.75. The van der Waals surface area contributed by atoms with Gasteiger partial charge in [-0.3, -0.25) is 4.99 Å². The van der Waals surface area contributed by atoms with Crippen LogP contribution in [-0.4, -0.2) is 20.4 Å². The summed E-state index contributed by atoms with van der Waals surface area (Å²) in [5.74, 6) is 2.20. The van der Waals surface area contributed by atoms with Gasteiger partial charge < -0.3 is 9.47 Å². The summed E-state index contributed by atoms with van der Waals surface area (Å²) >= 11 is 0. The first-order valence-electron chi connectivity index (χ1n) is 6.59. The van der Waals surface area contributed by atoms with Gasteiger partial charge in [-0.05, 0) is 18.8 Å². The Morgan fingerprint density at radius 2 is 1.61 bits per heavy atom. The fraction of sp³-hybridized carbons (Fsp3) is 0.533. The maximum absolute atomic E-state index is 5.24. The third-order valence-corrected chi connectivity index (χ3v) is 3.42. The van der Waals surface area contributed by atoms with Crippen LogP contribution in [0.4, 0.5) is 5.69 Å². The average molecular weight is 247 g/mol. The lowest BCUT2D eigenvalue weighted by Gasteiger charge is -2.17. The molecule has 0 aromatic heterocycles. The zero-order valence-corrected chi connectivity index (χ0v) is 11.2. The van der Waals surface area contributed by atoms with Gasteiger partial charge in [0.1, 0.15) is 11.5 Å². The highest BCUT2D eigenvalue weighted by atomic mass is 16.5. The van der Waals surface area contributed by atoms with E-state index in [1.807, 2.05) is 18.2 Å². The molecule has 0 N–H and O–H groups in total. The smallest absolute Gasteiger partial charge is 0.124 e. The molecular weight excluding hydrogens is 226 g/mol. The molecule has 0 saturated heterocycles. The van der Waals surface area contributed by atoms with E-state index in [-0.39, 0.29) is 0 Å². The zero-order valence-electron chi connectivity index (χ0n) is 11.2. The third kappa shape index (κ3) is 3.49. The van der Waals surface area contributed by atoms with Gasteiger partial charge in [0.2, 0.25) is 0 Å². The summed E-state index contributed by atoms with van der Waals surface area (Å²) < 4.78 is 10.5. The molecule has 3 nitrogen and oxygen atoms in total. The molecule has 1 fully saturated rings. The Labute approximate surface area is 109 Å². The van der Waals surface area contributed by atoms with E-state index in [1.54, 1.807) is 14.2 Å². The van der Waals surface area contributed by atoms with Crippen LogP contribution in [0.1, 0.15) is 32.1 Å². The van der Waals surface area contributed by atoms with Gasteiger partial charge in [-0.25, -0.2) is 0 Å². The van der Waals surface area contributed by atoms with E-state index in [9.17, 15) is 0 Å². The van der Waals surface area contributed by atoms with Crippen LogP contribution in [0.2, 0.25) is 0 Å². The molecule has 0 unspecified atom stereocenters. The molecule has 2 rings (SSSR count). The molecule has 0 radical (unpaired) electrons. The first-order valence-corrected chi connectivity index (χ1v) is 6.59. The van der Waals surface area contributed by atoms with Gasteiger partial charge in [0.05, 0.1) is 19.9 Å². The topological polar surface area (TPSA) is 30.8 Å². The lowest BCUT2D eigenvalue weighted by atomic mass is 9.90. The van der Waals surface area contributed by atoms with E-state index < -0.39 is 0 Å². The minimum Gasteiger partial charge on any atom is -0.497 e. The molecule has 1 aromatic carbocycles. The number of hydrogen-bond acceptors (Lipinski definition) is 3. The standard InChI is InChI=1S/C15H21NO2/c1-17-14-8-13(9-15(10-14)18-2)16-11-12-6-4-3-5-7-12/h8-12H,3-7H2,1-2H3. The highest BCUT2D eigenvalue weighted by Crippen LogP contribution is 2.28. The summed E-state index contributed by atoms with van der Waals surface area (Å²) in [6, 6.07) is 5.73. The monoisotopic (exact) mass is 247 g/mol. The maximum Gasteiger partial charge on any atom is 0.124 e. The zero-order chi connectivity index (χ0) is 12.8. The van der Waals surface area contributed by atoms with Crippen molar-refractivity contribution in [2.24, 2.45) is 10.9 Å². The van der Waals surface area contributed by atoms with Crippen molar-refractivity contribution >= 4 is 11.9 Å². The van der Waals surface area contributed by atoms with Crippen LogP contribution in [0.5, 0.6) is 11.5 Å². The second-order valence-corrected chi connectivity index (χ2v) is 4.75. The average Bonchev–Trinajstić information content (AvgIpc) is 2.45. The van der Waals surface area contributed by atoms with Crippen molar-refractivity contribution in [2.45, 2.75) is 32.1 Å². The first-order chi connectivity index (χ1) is 8.81. The highest BCUT2D eigenvalue weighted by Gasteiger charge is 2.10. The summed E-state index contributed by atoms with van der Waals surface area (Å²) in [5.41, 5.74) is 0.900. The van der Waals surface area contributed by atoms with Gasteiger partial charge in [0.25, 0.3) is 0 Å². The van der Waals surface area contributed by atoms with Gasteiger partial charge >= 0.3 is 0 Å². The Balaban J connectivity index is 2.09. The van der Waals surface area contributed by atoms with Crippen LogP contribution >= 0.6 is 0 Å². The van der Waals surface area contributed by atoms with Crippen molar-refractivity contribution in [1.82, 2.24) is 0 Å². The predicted molar refractivity (Wildman–Crippen MR) is 74.3 cm³/mol. The molecule has 0 aliphatic heterocycles. The highest BCUT2D eigenvalue weighted by molar-refractivity contribution is 5.67. The molecule has 0 amide bonds. The lowest BCUT2D eigenvalue weighted by molar-refractivity contribution is 0.394. The molecule has 1 aliphatic carbocycles. The fourth-order valence-corrected chi connectivity index (χ4v) is 2.34. The summed E-state index contributed by atoms with van der Waals surface area (Å²) in [6.07, 6.45) is 8.66. The molecule has 0 heterocycles. The number of methoxy groups -OCH3 is 2. The van der Waals surface area contributed by atoms with E-state index >= 15 is 0 Å². The minimum absolute atomic E-state index is 0.635. The van der Waals surface area contributed by atoms with E-state index in [0.29, 0.717) is 5.92 Å². The Bertz CT molecular complexity index is 387. The van der Waals surface area contributed by atoms with Crippen LogP contribution in [0, 0.1) is 5.92 Å². The number of ether oxygens (including phenoxy) is 2. The van der Waals surface area contributed by atoms with Crippen LogP contribution in [0.3, 0.4) is 0 Å². The largest absolute Gasteiger partial charge is 0.497 e. The predicted octanol–water partition coefficient (Wildman–Crippen LogP) is 3.99. The van der Waals surface area contributed by atoms with E-state index in [2.05, 4.69) is 11.2 Å². The van der Waals surface area contributed by atoms with Crippen LogP contribution in [0.25, 0.3) is 0 Å². The lowest BCUT2D eigenvalue weighted by Crippen LogP contribution is -2.06. The van der Waals surface area contributed by atoms with Crippen LogP contribution < -0.4 is 9.47 Å². The van der Waals surface area contributed by atoms with Crippen LogP contribution in [0.15, 0.2) is 23.2 Å². The maximum atomic E-state index is 5.24. The van der Waals surface area contributed by atoms with Crippen molar-refractivity contribution in [3.8, 4) is 11.5 Å². The van der Waals surface area contributed by atoms with E-state index in [4.69, 9.17) is 9.47 Å². The molecular formula is C15H21NO2. The Morgan fingerprint density at radius 1 is 1.00 bits per heavy atom. The second kappa shape index (κ2) is 6.43. The number of aliphatic imine (C=N–C) groups is 1. The van der Waals surface area contributed by atoms with Gasteiger partial charge in [-0.15, -0.1) is 0 Å². The third-order valence-electron chi connectivity index (χ3n) is 3.42. The molecule has 18 heavy (non-hydrogen) atoms. The molecule has 1 saturated carbocycles. The van der Waals surface area contributed by atoms with Crippen molar-refractivity contribution < 1.29 is 9.47 Å². The van der Waals surface area contributed by atoms with Crippen molar-refractivity contribution in [1.29, 1.82) is 0 Å². The van der Waals surface area contributed by atoms with Gasteiger partial charge in [-0.1, -0.05) is 19.3 Å². The molecule has 1 aromatic rings. The fourth-order valence-electron chi connectivity index (χ4n) is 2.34. The summed E-state index contributed by atoms with van der Waals surface area (Å²) in [4.78, 5) is 4.56. The van der Waals surface area contributed by atoms with Crippen LogP contribution in [-0.2, 0) is 0 Å². The van der Waals surface area contributed by atoms with E-state index in [1.165, 1.54) is 32.1 Å². The molecule has 3 heteroatoms. The quantitative estimate of drug-likeness (QED) is 0.753. The molecule has 1 aliphatic rings. The van der Waals surface area contributed by atoms with Crippen molar-refractivity contribution in [3.63, 3.8) is 0 Å².